The lowest BCUT2D eigenvalue weighted by Gasteiger charge is -2.17. The van der Waals surface area contributed by atoms with Crippen molar-refractivity contribution in [2.45, 2.75) is 53.0 Å². The number of allylic oxidation sites excluding steroid dienone is 3. The number of benzene rings is 2. The molecule has 0 fully saturated rings. The fraction of sp³-hybridized carbons (Fsp3) is 0.379. The van der Waals surface area contributed by atoms with E-state index in [2.05, 4.69) is 38.2 Å². The summed E-state index contributed by atoms with van der Waals surface area (Å²) in [6.45, 7) is 8.73. The average molecular weight is 496 g/mol. The molecule has 0 aromatic heterocycles. The third-order valence-corrected chi connectivity index (χ3v) is 6.30. The second-order valence-corrected chi connectivity index (χ2v) is 9.84. The van der Waals surface area contributed by atoms with Crippen molar-refractivity contribution in [3.63, 3.8) is 0 Å². The Balaban J connectivity index is 2.27. The maximum Gasteiger partial charge on any atom is 0.326 e. The number of thioether (sulfide) groups is 1. The molecule has 0 radical (unpaired) electrons. The van der Waals surface area contributed by atoms with E-state index in [0.29, 0.717) is 30.1 Å². The van der Waals surface area contributed by atoms with E-state index in [1.165, 1.54) is 11.1 Å². The summed E-state index contributed by atoms with van der Waals surface area (Å²) in [6, 6.07) is 12.2. The van der Waals surface area contributed by atoms with Crippen molar-refractivity contribution >= 4 is 23.6 Å². The molecule has 0 saturated carbocycles. The van der Waals surface area contributed by atoms with Gasteiger partial charge < -0.3 is 15.2 Å². The maximum atomic E-state index is 13.2. The van der Waals surface area contributed by atoms with E-state index in [0.717, 1.165) is 29.5 Å². The zero-order chi connectivity index (χ0) is 25.8. The van der Waals surface area contributed by atoms with E-state index in [1.54, 1.807) is 23.9 Å². The van der Waals surface area contributed by atoms with Crippen LogP contribution in [0.5, 0.6) is 5.75 Å². The van der Waals surface area contributed by atoms with Crippen LogP contribution >= 0.6 is 11.8 Å². The Kier molecular flexibility index (Phi) is 11.6. The van der Waals surface area contributed by atoms with Gasteiger partial charge in [0.2, 0.25) is 0 Å². The van der Waals surface area contributed by atoms with Gasteiger partial charge in [0.15, 0.2) is 0 Å². The SMILES string of the molecule is CSCC[C@H](NC(=O)c1ccc(OCC=C(C)CCC=C(C)C)cc1-c1ccccc1C)C(=O)O. The Morgan fingerprint density at radius 3 is 2.49 bits per heavy atom. The number of hydrogen-bond donors (Lipinski definition) is 2. The molecule has 0 heterocycles. The number of carbonyl (C=O) groups is 2. The first-order valence-corrected chi connectivity index (χ1v) is 13.3. The monoisotopic (exact) mass is 495 g/mol. The standard InChI is InChI=1S/C29H37NO4S/c1-20(2)9-8-10-21(3)15-17-34-23-13-14-25(26(19-23)24-12-7-6-11-22(24)4)28(31)30-27(29(32)33)16-18-35-5/h6-7,9,11-15,19,27H,8,10,16-18H2,1-5H3,(H,30,31)(H,32,33)/t27-/m0/s1. The van der Waals surface area contributed by atoms with E-state index in [-0.39, 0.29) is 0 Å². The molecule has 0 aliphatic heterocycles. The van der Waals surface area contributed by atoms with E-state index in [1.807, 2.05) is 43.5 Å². The number of carboxylic acids is 1. The summed E-state index contributed by atoms with van der Waals surface area (Å²) in [4.78, 5) is 24.8. The van der Waals surface area contributed by atoms with Gasteiger partial charge in [-0.25, -0.2) is 4.79 Å². The highest BCUT2D eigenvalue weighted by Gasteiger charge is 2.22. The number of carboxylic acid groups (broad SMARTS) is 1. The molecule has 2 rings (SSSR count). The summed E-state index contributed by atoms with van der Waals surface area (Å²) >= 11 is 1.55. The Morgan fingerprint density at radius 2 is 1.83 bits per heavy atom. The zero-order valence-corrected chi connectivity index (χ0v) is 22.2. The second kappa shape index (κ2) is 14.4. The number of aryl methyl sites for hydroxylation is 1. The Morgan fingerprint density at radius 1 is 1.09 bits per heavy atom. The molecule has 188 valence electrons. The van der Waals surface area contributed by atoms with Crippen LogP contribution in [0, 0.1) is 6.92 Å². The first-order chi connectivity index (χ1) is 16.7. The number of aliphatic carboxylic acids is 1. The summed E-state index contributed by atoms with van der Waals surface area (Å²) in [5.41, 5.74) is 5.66. The highest BCUT2D eigenvalue weighted by atomic mass is 32.2. The zero-order valence-electron chi connectivity index (χ0n) is 21.4. The van der Waals surface area contributed by atoms with Crippen molar-refractivity contribution in [1.29, 1.82) is 0 Å². The van der Waals surface area contributed by atoms with Gasteiger partial charge >= 0.3 is 5.97 Å². The molecule has 2 N–H and O–H groups in total. The van der Waals surface area contributed by atoms with Gasteiger partial charge in [0, 0.05) is 5.56 Å². The predicted molar refractivity (Wildman–Crippen MR) is 146 cm³/mol. The lowest BCUT2D eigenvalue weighted by Crippen LogP contribution is -2.41. The molecule has 0 bridgehead atoms. The highest BCUT2D eigenvalue weighted by Crippen LogP contribution is 2.31. The molecule has 1 atom stereocenters. The van der Waals surface area contributed by atoms with Crippen LogP contribution in [0.4, 0.5) is 0 Å². The van der Waals surface area contributed by atoms with Crippen molar-refractivity contribution in [1.82, 2.24) is 5.32 Å². The van der Waals surface area contributed by atoms with Gasteiger partial charge in [0.25, 0.3) is 5.91 Å². The molecule has 5 nitrogen and oxygen atoms in total. The molecule has 2 aromatic rings. The van der Waals surface area contributed by atoms with Crippen LogP contribution in [-0.2, 0) is 4.79 Å². The van der Waals surface area contributed by atoms with Crippen LogP contribution in [0.1, 0.15) is 56.0 Å². The summed E-state index contributed by atoms with van der Waals surface area (Å²) in [7, 11) is 0. The molecular formula is C29H37NO4S. The first-order valence-electron chi connectivity index (χ1n) is 11.9. The highest BCUT2D eigenvalue weighted by molar-refractivity contribution is 7.98. The minimum atomic E-state index is -1.03. The van der Waals surface area contributed by atoms with Crippen molar-refractivity contribution < 1.29 is 19.4 Å². The van der Waals surface area contributed by atoms with Gasteiger partial charge in [-0.15, -0.1) is 0 Å². The van der Waals surface area contributed by atoms with E-state index >= 15 is 0 Å². The largest absolute Gasteiger partial charge is 0.490 e. The van der Waals surface area contributed by atoms with Gasteiger partial charge in [-0.05, 0) is 99.9 Å². The third kappa shape index (κ3) is 9.29. The van der Waals surface area contributed by atoms with Gasteiger partial charge in [-0.3, -0.25) is 4.79 Å². The molecule has 0 unspecified atom stereocenters. The number of nitrogens with one attached hydrogen (secondary N) is 1. The average Bonchev–Trinajstić information content (AvgIpc) is 2.81. The smallest absolute Gasteiger partial charge is 0.326 e. The fourth-order valence-corrected chi connectivity index (χ4v) is 4.08. The topological polar surface area (TPSA) is 75.6 Å². The van der Waals surface area contributed by atoms with Crippen LogP contribution in [-0.4, -0.2) is 41.6 Å². The molecule has 0 aliphatic rings. The van der Waals surface area contributed by atoms with E-state index in [9.17, 15) is 14.7 Å². The second-order valence-electron chi connectivity index (χ2n) is 8.85. The molecule has 2 aromatic carbocycles. The van der Waals surface area contributed by atoms with Crippen molar-refractivity contribution in [3.8, 4) is 16.9 Å². The van der Waals surface area contributed by atoms with Gasteiger partial charge in [-0.1, -0.05) is 41.5 Å². The Bertz CT molecular complexity index is 1070. The first kappa shape index (κ1) is 28.2. The quantitative estimate of drug-likeness (QED) is 0.304. The summed E-state index contributed by atoms with van der Waals surface area (Å²) in [5, 5.41) is 12.2. The maximum absolute atomic E-state index is 13.2. The number of amides is 1. The fourth-order valence-electron chi connectivity index (χ4n) is 3.61. The van der Waals surface area contributed by atoms with Gasteiger partial charge in [0.1, 0.15) is 18.4 Å². The van der Waals surface area contributed by atoms with Crippen LogP contribution < -0.4 is 10.1 Å². The van der Waals surface area contributed by atoms with E-state index in [4.69, 9.17) is 4.74 Å². The minimum absolute atomic E-state index is 0.364. The van der Waals surface area contributed by atoms with Crippen LogP contribution in [0.15, 0.2) is 65.8 Å². The third-order valence-electron chi connectivity index (χ3n) is 5.66. The van der Waals surface area contributed by atoms with Gasteiger partial charge in [0.05, 0.1) is 0 Å². The molecule has 1 amide bonds. The Labute approximate surface area is 213 Å². The normalized spacial score (nSPS) is 12.1. The van der Waals surface area contributed by atoms with Crippen molar-refractivity contribution in [2.75, 3.05) is 18.6 Å². The number of hydrogen-bond acceptors (Lipinski definition) is 4. The summed E-state index contributed by atoms with van der Waals surface area (Å²) < 4.78 is 5.99. The molecule has 35 heavy (non-hydrogen) atoms. The van der Waals surface area contributed by atoms with Crippen LogP contribution in [0.2, 0.25) is 0 Å². The lowest BCUT2D eigenvalue weighted by atomic mass is 9.95. The summed E-state index contributed by atoms with van der Waals surface area (Å²) in [6.07, 6.45) is 8.59. The van der Waals surface area contributed by atoms with Crippen LogP contribution in [0.3, 0.4) is 0 Å². The minimum Gasteiger partial charge on any atom is -0.490 e. The Hall–Kier alpha value is -2.99. The van der Waals surface area contributed by atoms with Crippen molar-refractivity contribution in [3.05, 3.63) is 76.9 Å². The molecule has 0 saturated heterocycles. The predicted octanol–water partition coefficient (Wildman–Crippen LogP) is 6.67. The summed E-state index contributed by atoms with van der Waals surface area (Å²) in [5.74, 6) is -0.129. The van der Waals surface area contributed by atoms with Crippen molar-refractivity contribution in [2.24, 2.45) is 0 Å². The molecular weight excluding hydrogens is 458 g/mol. The van der Waals surface area contributed by atoms with Crippen LogP contribution in [0.25, 0.3) is 11.1 Å². The number of carbonyl (C=O) groups excluding carboxylic acids is 1. The molecule has 0 spiro atoms. The number of rotatable bonds is 13. The molecule has 0 aliphatic carbocycles. The van der Waals surface area contributed by atoms with Gasteiger partial charge in [-0.2, -0.15) is 11.8 Å². The lowest BCUT2D eigenvalue weighted by molar-refractivity contribution is -0.139. The van der Waals surface area contributed by atoms with E-state index < -0.39 is 17.9 Å². The number of ether oxygens (including phenoxy) is 1. The molecule has 6 heteroatoms.